The van der Waals surface area contributed by atoms with Crippen molar-refractivity contribution in [2.45, 2.75) is 33.4 Å². The molecule has 1 aromatic carbocycles. The summed E-state index contributed by atoms with van der Waals surface area (Å²) < 4.78 is 0. The molecule has 8 heteroatoms. The van der Waals surface area contributed by atoms with E-state index in [1.54, 1.807) is 31.4 Å². The van der Waals surface area contributed by atoms with Gasteiger partial charge in [0, 0.05) is 24.5 Å². The summed E-state index contributed by atoms with van der Waals surface area (Å²) in [4.78, 5) is 37.2. The zero-order valence-electron chi connectivity index (χ0n) is 16.7. The minimum Gasteiger partial charge on any atom is -0.339 e. The summed E-state index contributed by atoms with van der Waals surface area (Å²) in [6.07, 6.45) is 1.73. The summed E-state index contributed by atoms with van der Waals surface area (Å²) >= 11 is 6.48. The van der Waals surface area contributed by atoms with Crippen molar-refractivity contribution in [3.63, 3.8) is 0 Å². The Balaban J connectivity index is 1.60. The monoisotopic (exact) mass is 411 g/mol. The third-order valence-electron chi connectivity index (χ3n) is 5.13. The third kappa shape index (κ3) is 3.25. The molecular formula is C21H22ClN5O2. The van der Waals surface area contributed by atoms with Gasteiger partial charge in [-0.2, -0.15) is 0 Å². The second-order valence-corrected chi connectivity index (χ2v) is 8.71. The minimum atomic E-state index is -0.542. The average molecular weight is 412 g/mol. The van der Waals surface area contributed by atoms with Crippen molar-refractivity contribution in [2.24, 2.45) is 10.4 Å². The Kier molecular flexibility index (Phi) is 4.58. The molecule has 1 N–H and O–H groups in total. The summed E-state index contributed by atoms with van der Waals surface area (Å²) in [5, 5.41) is 3.53. The third-order valence-corrected chi connectivity index (χ3v) is 5.43. The number of nitrogens with one attached hydrogen (secondary N) is 1. The van der Waals surface area contributed by atoms with Gasteiger partial charge < -0.3 is 10.2 Å². The number of carbonyl (C=O) groups excluding carboxylic acids is 2. The summed E-state index contributed by atoms with van der Waals surface area (Å²) in [6, 6.07) is 8.09. The molecule has 0 radical (unpaired) electrons. The Labute approximate surface area is 174 Å². The Morgan fingerprint density at radius 2 is 1.97 bits per heavy atom. The lowest BCUT2D eigenvalue weighted by atomic mass is 9.86. The molecule has 0 spiro atoms. The summed E-state index contributed by atoms with van der Waals surface area (Å²) in [6.45, 7) is 6.39. The molecule has 2 aromatic rings. The number of hydrogen-bond acceptors (Lipinski definition) is 5. The van der Waals surface area contributed by atoms with Crippen molar-refractivity contribution < 1.29 is 9.59 Å². The Morgan fingerprint density at radius 3 is 2.62 bits per heavy atom. The number of anilines is 2. The van der Waals surface area contributed by atoms with Crippen LogP contribution in [0.3, 0.4) is 0 Å². The molecule has 3 amide bonds. The Hall–Kier alpha value is -2.93. The first-order valence-corrected chi connectivity index (χ1v) is 9.72. The second-order valence-electron chi connectivity index (χ2n) is 8.30. The fourth-order valence-corrected chi connectivity index (χ4v) is 4.11. The summed E-state index contributed by atoms with van der Waals surface area (Å²) in [5.74, 6) is 0.399. The van der Waals surface area contributed by atoms with Crippen LogP contribution in [-0.4, -0.2) is 40.7 Å². The minimum absolute atomic E-state index is 0.272. The average Bonchev–Trinajstić information content (AvgIpc) is 3.15. The van der Waals surface area contributed by atoms with Crippen molar-refractivity contribution in [3.8, 4) is 0 Å². The molecule has 150 valence electrons. The van der Waals surface area contributed by atoms with Crippen molar-refractivity contribution in [1.82, 2.24) is 9.88 Å². The van der Waals surface area contributed by atoms with Crippen LogP contribution >= 0.6 is 11.6 Å². The molecule has 1 aromatic heterocycles. The number of amidine groups is 1. The number of aliphatic imine (C=N–C) groups is 1. The molecule has 2 aliphatic rings. The van der Waals surface area contributed by atoms with Gasteiger partial charge in [-0.15, -0.1) is 0 Å². The molecule has 0 bridgehead atoms. The molecule has 0 aliphatic carbocycles. The molecular weight excluding hydrogens is 390 g/mol. The van der Waals surface area contributed by atoms with E-state index in [0.717, 1.165) is 16.2 Å². The van der Waals surface area contributed by atoms with E-state index in [4.69, 9.17) is 11.6 Å². The number of fused-ring (bicyclic) bond motifs is 1. The number of hydrogen-bond donors (Lipinski definition) is 1. The van der Waals surface area contributed by atoms with Gasteiger partial charge in [0.15, 0.2) is 5.84 Å². The molecule has 29 heavy (non-hydrogen) atoms. The van der Waals surface area contributed by atoms with E-state index in [-0.39, 0.29) is 17.4 Å². The zero-order valence-corrected chi connectivity index (χ0v) is 17.5. The predicted molar refractivity (Wildman–Crippen MR) is 113 cm³/mol. The fraction of sp³-hybridized carbons (Fsp3) is 0.333. The van der Waals surface area contributed by atoms with Crippen LogP contribution in [0.25, 0.3) is 0 Å². The van der Waals surface area contributed by atoms with Crippen LogP contribution in [0, 0.1) is 5.41 Å². The van der Waals surface area contributed by atoms with E-state index in [1.807, 2.05) is 32.9 Å². The van der Waals surface area contributed by atoms with Gasteiger partial charge in [-0.05, 0) is 29.7 Å². The Morgan fingerprint density at radius 1 is 1.21 bits per heavy atom. The highest BCUT2D eigenvalue weighted by Crippen LogP contribution is 2.37. The number of nitrogens with zero attached hydrogens (tertiary/aromatic N) is 4. The van der Waals surface area contributed by atoms with Crippen molar-refractivity contribution in [2.75, 3.05) is 17.3 Å². The summed E-state index contributed by atoms with van der Waals surface area (Å²) in [7, 11) is 1.64. The molecule has 1 atom stereocenters. The lowest BCUT2D eigenvalue weighted by Gasteiger charge is -2.29. The predicted octanol–water partition coefficient (Wildman–Crippen LogP) is 3.92. The summed E-state index contributed by atoms with van der Waals surface area (Å²) in [5.41, 5.74) is 2.56. The lowest BCUT2D eigenvalue weighted by molar-refractivity contribution is -0.122. The van der Waals surface area contributed by atoms with Gasteiger partial charge in [-0.1, -0.05) is 38.4 Å². The molecule has 1 fully saturated rings. The van der Waals surface area contributed by atoms with Crippen LogP contribution in [0.5, 0.6) is 0 Å². The lowest BCUT2D eigenvalue weighted by Crippen LogP contribution is -2.42. The quantitative estimate of drug-likeness (QED) is 0.759. The highest BCUT2D eigenvalue weighted by atomic mass is 35.5. The van der Waals surface area contributed by atoms with Crippen molar-refractivity contribution in [1.29, 1.82) is 0 Å². The number of halogens is 1. The van der Waals surface area contributed by atoms with E-state index in [2.05, 4.69) is 15.3 Å². The van der Waals surface area contributed by atoms with E-state index in [1.165, 1.54) is 4.90 Å². The highest BCUT2D eigenvalue weighted by Gasteiger charge is 2.49. The molecule has 1 saturated heterocycles. The standard InChI is InChI=1S/C21H22ClN5O2/c1-21(2,3)17-19(28)27(20(29)26(17)4)15-8-7-13(10-14(15)22)25-18-16-12(11-24-18)6-5-9-23-16/h5-10,17H,11H2,1-4H3,(H,24,25). The normalized spacial score (nSPS) is 18.9. The highest BCUT2D eigenvalue weighted by molar-refractivity contribution is 6.36. The maximum atomic E-state index is 13.0. The number of likely N-dealkylation sites (N-methyl/N-ethyl adjacent to an activating group) is 1. The van der Waals surface area contributed by atoms with Crippen LogP contribution < -0.4 is 10.2 Å². The van der Waals surface area contributed by atoms with Gasteiger partial charge in [-0.25, -0.2) is 9.69 Å². The SMILES string of the molecule is CN1C(=O)N(c2ccc(NC3=NCc4cccnc43)cc2Cl)C(=O)C1C(C)(C)C. The molecule has 0 saturated carbocycles. The van der Waals surface area contributed by atoms with Crippen molar-refractivity contribution >= 4 is 40.7 Å². The number of pyridine rings is 1. The van der Waals surface area contributed by atoms with Crippen LogP contribution in [0.4, 0.5) is 16.2 Å². The van der Waals surface area contributed by atoms with Crippen LogP contribution in [0.15, 0.2) is 41.5 Å². The van der Waals surface area contributed by atoms with E-state index >= 15 is 0 Å². The second kappa shape index (κ2) is 6.84. The van der Waals surface area contributed by atoms with Gasteiger partial charge in [-0.3, -0.25) is 14.8 Å². The number of carbonyl (C=O) groups is 2. The van der Waals surface area contributed by atoms with E-state index in [9.17, 15) is 9.59 Å². The van der Waals surface area contributed by atoms with Gasteiger partial charge in [0.05, 0.1) is 17.3 Å². The smallest absolute Gasteiger partial charge is 0.331 e. The van der Waals surface area contributed by atoms with Crippen LogP contribution in [-0.2, 0) is 11.3 Å². The fourth-order valence-electron chi connectivity index (χ4n) is 3.84. The first-order chi connectivity index (χ1) is 13.7. The zero-order chi connectivity index (χ0) is 20.9. The number of urea groups is 1. The van der Waals surface area contributed by atoms with Crippen LogP contribution in [0.2, 0.25) is 5.02 Å². The van der Waals surface area contributed by atoms with E-state index in [0.29, 0.717) is 28.8 Å². The molecule has 1 unspecified atom stereocenters. The van der Waals surface area contributed by atoms with Crippen molar-refractivity contribution in [3.05, 3.63) is 52.8 Å². The maximum absolute atomic E-state index is 13.0. The number of amides is 3. The van der Waals surface area contributed by atoms with Gasteiger partial charge in [0.1, 0.15) is 11.7 Å². The number of benzene rings is 1. The van der Waals surface area contributed by atoms with Gasteiger partial charge >= 0.3 is 6.03 Å². The number of rotatable bonds is 2. The van der Waals surface area contributed by atoms with Crippen LogP contribution in [0.1, 0.15) is 32.0 Å². The Bertz CT molecular complexity index is 1040. The first kappa shape index (κ1) is 19.4. The largest absolute Gasteiger partial charge is 0.339 e. The number of aromatic nitrogens is 1. The van der Waals surface area contributed by atoms with Gasteiger partial charge in [0.25, 0.3) is 5.91 Å². The first-order valence-electron chi connectivity index (χ1n) is 9.34. The van der Waals surface area contributed by atoms with E-state index < -0.39 is 6.04 Å². The maximum Gasteiger partial charge on any atom is 0.331 e. The van der Waals surface area contributed by atoms with Gasteiger partial charge in [0.2, 0.25) is 0 Å². The molecule has 2 aliphatic heterocycles. The molecule has 4 rings (SSSR count). The number of imide groups is 1. The molecule has 7 nitrogen and oxygen atoms in total. The topological polar surface area (TPSA) is 77.9 Å². The molecule has 3 heterocycles.